The molecule has 0 saturated carbocycles. The molecule has 1 aliphatic rings. The summed E-state index contributed by atoms with van der Waals surface area (Å²) in [5.74, 6) is 1.96. The van der Waals surface area contributed by atoms with Crippen molar-refractivity contribution in [1.82, 2.24) is 4.90 Å². The monoisotopic (exact) mass is 434 g/mol. The van der Waals surface area contributed by atoms with Crippen molar-refractivity contribution >= 4 is 27.5 Å². The normalized spacial score (nSPS) is 14.1. The Kier molecular flexibility index (Phi) is 6.11. The zero-order valence-electron chi connectivity index (χ0n) is 15.7. The zero-order chi connectivity index (χ0) is 19.4. The molecule has 0 spiro atoms. The Morgan fingerprint density at radius 3 is 2.11 bits per heavy atom. The number of carbonyl (C=O) groups excluding carboxylic acids is 1. The summed E-state index contributed by atoms with van der Waals surface area (Å²) in [4.78, 5) is 17.1. The van der Waals surface area contributed by atoms with Crippen LogP contribution in [0.15, 0.2) is 40.9 Å². The van der Waals surface area contributed by atoms with Crippen LogP contribution in [0.1, 0.15) is 10.4 Å². The number of rotatable bonds is 5. The number of carbonyl (C=O) groups is 1. The fourth-order valence-electron chi connectivity index (χ4n) is 3.15. The molecular formula is C20H23BrN2O4. The molecule has 0 aliphatic carbocycles. The molecule has 0 radical (unpaired) electrons. The lowest BCUT2D eigenvalue weighted by Crippen LogP contribution is -2.48. The lowest BCUT2D eigenvalue weighted by Gasteiger charge is -2.36. The van der Waals surface area contributed by atoms with Crippen molar-refractivity contribution in [2.24, 2.45) is 0 Å². The number of nitrogens with zero attached hydrogens (tertiary/aromatic N) is 2. The summed E-state index contributed by atoms with van der Waals surface area (Å²) in [7, 11) is 4.80. The number of amides is 1. The minimum Gasteiger partial charge on any atom is -0.497 e. The van der Waals surface area contributed by atoms with E-state index in [4.69, 9.17) is 14.2 Å². The molecule has 0 aromatic heterocycles. The molecule has 1 aliphatic heterocycles. The van der Waals surface area contributed by atoms with Crippen LogP contribution in [0.3, 0.4) is 0 Å². The van der Waals surface area contributed by atoms with Gasteiger partial charge in [0.05, 0.1) is 21.3 Å². The van der Waals surface area contributed by atoms with E-state index in [9.17, 15) is 4.79 Å². The largest absolute Gasteiger partial charge is 0.497 e. The number of benzene rings is 2. The van der Waals surface area contributed by atoms with E-state index in [0.717, 1.165) is 24.5 Å². The second-order valence-corrected chi connectivity index (χ2v) is 6.97. The Labute approximate surface area is 167 Å². The van der Waals surface area contributed by atoms with Crippen LogP contribution in [0.25, 0.3) is 0 Å². The Morgan fingerprint density at radius 1 is 0.926 bits per heavy atom. The van der Waals surface area contributed by atoms with Crippen molar-refractivity contribution < 1.29 is 19.0 Å². The quantitative estimate of drug-likeness (QED) is 0.721. The Hall–Kier alpha value is -2.41. The van der Waals surface area contributed by atoms with E-state index in [1.807, 2.05) is 23.1 Å². The predicted molar refractivity (Wildman–Crippen MR) is 108 cm³/mol. The molecule has 2 aromatic carbocycles. The van der Waals surface area contributed by atoms with Gasteiger partial charge in [0.25, 0.3) is 5.91 Å². The van der Waals surface area contributed by atoms with Gasteiger partial charge in [-0.25, -0.2) is 0 Å². The summed E-state index contributed by atoms with van der Waals surface area (Å²) in [6.07, 6.45) is 0. The van der Waals surface area contributed by atoms with Crippen LogP contribution in [0.4, 0.5) is 5.69 Å². The van der Waals surface area contributed by atoms with Gasteiger partial charge in [0, 0.05) is 43.5 Å². The van der Waals surface area contributed by atoms with Gasteiger partial charge in [0.2, 0.25) is 0 Å². The first-order chi connectivity index (χ1) is 13.1. The summed E-state index contributed by atoms with van der Waals surface area (Å²) in [5.41, 5.74) is 1.66. The third-order valence-corrected chi connectivity index (χ3v) is 5.46. The summed E-state index contributed by atoms with van der Waals surface area (Å²) in [6, 6.07) is 11.5. The third kappa shape index (κ3) is 4.13. The maximum Gasteiger partial charge on any atom is 0.254 e. The van der Waals surface area contributed by atoms with E-state index in [2.05, 4.69) is 26.9 Å². The molecule has 144 valence electrons. The molecule has 1 amide bonds. The van der Waals surface area contributed by atoms with Gasteiger partial charge in [-0.05, 0) is 40.2 Å². The van der Waals surface area contributed by atoms with Gasteiger partial charge < -0.3 is 24.0 Å². The van der Waals surface area contributed by atoms with Crippen molar-refractivity contribution in [2.45, 2.75) is 0 Å². The van der Waals surface area contributed by atoms with Gasteiger partial charge in [-0.1, -0.05) is 6.07 Å². The molecule has 2 aromatic rings. The first-order valence-corrected chi connectivity index (χ1v) is 9.46. The maximum absolute atomic E-state index is 13.0. The molecule has 0 N–H and O–H groups in total. The van der Waals surface area contributed by atoms with Crippen molar-refractivity contribution in [3.63, 3.8) is 0 Å². The fourth-order valence-corrected chi connectivity index (χ4v) is 3.70. The molecule has 0 bridgehead atoms. The molecule has 0 atom stereocenters. The number of piperazine rings is 1. The van der Waals surface area contributed by atoms with Gasteiger partial charge in [-0.3, -0.25) is 4.79 Å². The number of hydrogen-bond acceptors (Lipinski definition) is 5. The average molecular weight is 435 g/mol. The lowest BCUT2D eigenvalue weighted by molar-refractivity contribution is 0.0746. The Bertz CT molecular complexity index is 794. The minimum atomic E-state index is -0.0237. The smallest absolute Gasteiger partial charge is 0.254 e. The van der Waals surface area contributed by atoms with Gasteiger partial charge in [-0.2, -0.15) is 0 Å². The first kappa shape index (κ1) is 19.4. The van der Waals surface area contributed by atoms with E-state index < -0.39 is 0 Å². The number of methoxy groups -OCH3 is 3. The van der Waals surface area contributed by atoms with Gasteiger partial charge in [-0.15, -0.1) is 0 Å². The van der Waals surface area contributed by atoms with Crippen LogP contribution in [0.5, 0.6) is 17.2 Å². The molecule has 27 heavy (non-hydrogen) atoms. The third-order valence-electron chi connectivity index (χ3n) is 4.68. The van der Waals surface area contributed by atoms with Crippen molar-refractivity contribution in [3.8, 4) is 17.2 Å². The second-order valence-electron chi connectivity index (χ2n) is 6.18. The molecule has 1 heterocycles. The van der Waals surface area contributed by atoms with Crippen molar-refractivity contribution in [2.75, 3.05) is 52.4 Å². The topological polar surface area (TPSA) is 51.2 Å². The summed E-state index contributed by atoms with van der Waals surface area (Å²) in [6.45, 7) is 2.83. The average Bonchev–Trinajstić information content (AvgIpc) is 2.73. The highest BCUT2D eigenvalue weighted by Crippen LogP contribution is 2.36. The summed E-state index contributed by atoms with van der Waals surface area (Å²) < 4.78 is 16.7. The molecule has 3 rings (SSSR count). The molecule has 6 nitrogen and oxygen atoms in total. The first-order valence-electron chi connectivity index (χ1n) is 8.67. The van der Waals surface area contributed by atoms with Crippen LogP contribution in [0, 0.1) is 0 Å². The van der Waals surface area contributed by atoms with Crippen LogP contribution < -0.4 is 19.1 Å². The van der Waals surface area contributed by atoms with E-state index in [1.165, 1.54) is 0 Å². The van der Waals surface area contributed by atoms with E-state index in [-0.39, 0.29) is 5.91 Å². The number of anilines is 1. The molecular weight excluding hydrogens is 412 g/mol. The van der Waals surface area contributed by atoms with Crippen LogP contribution >= 0.6 is 15.9 Å². The second kappa shape index (κ2) is 8.52. The van der Waals surface area contributed by atoms with Crippen molar-refractivity contribution in [1.29, 1.82) is 0 Å². The highest BCUT2D eigenvalue weighted by atomic mass is 79.9. The number of halogens is 1. The van der Waals surface area contributed by atoms with E-state index in [1.54, 1.807) is 33.5 Å². The van der Waals surface area contributed by atoms with Gasteiger partial charge in [0.15, 0.2) is 0 Å². The van der Waals surface area contributed by atoms with Crippen LogP contribution in [-0.4, -0.2) is 58.3 Å². The summed E-state index contributed by atoms with van der Waals surface area (Å²) in [5, 5.41) is 0. The minimum absolute atomic E-state index is 0.0237. The molecule has 0 unspecified atom stereocenters. The molecule has 7 heteroatoms. The van der Waals surface area contributed by atoms with Crippen LogP contribution in [0.2, 0.25) is 0 Å². The Morgan fingerprint density at radius 2 is 1.56 bits per heavy atom. The lowest BCUT2D eigenvalue weighted by atomic mass is 10.1. The van der Waals surface area contributed by atoms with E-state index in [0.29, 0.717) is 34.6 Å². The highest BCUT2D eigenvalue weighted by Gasteiger charge is 2.24. The predicted octanol–water partition coefficient (Wildman–Crippen LogP) is 3.44. The zero-order valence-corrected chi connectivity index (χ0v) is 17.3. The highest BCUT2D eigenvalue weighted by molar-refractivity contribution is 9.10. The van der Waals surface area contributed by atoms with Crippen LogP contribution in [-0.2, 0) is 0 Å². The van der Waals surface area contributed by atoms with E-state index >= 15 is 0 Å². The van der Waals surface area contributed by atoms with Crippen molar-refractivity contribution in [3.05, 3.63) is 46.4 Å². The maximum atomic E-state index is 13.0. The standard InChI is InChI=1S/C20H23BrN2O4/c1-25-16-6-4-5-15(13-16)22-7-9-23(10-8-22)20(24)14-11-17(26-2)19(21)18(12-14)27-3/h4-6,11-13H,7-10H2,1-3H3. The number of hydrogen-bond donors (Lipinski definition) is 0. The summed E-state index contributed by atoms with van der Waals surface area (Å²) >= 11 is 3.43. The van der Waals surface area contributed by atoms with Gasteiger partial charge >= 0.3 is 0 Å². The Balaban J connectivity index is 1.71. The molecule has 1 fully saturated rings. The van der Waals surface area contributed by atoms with Gasteiger partial charge in [0.1, 0.15) is 21.7 Å². The SMILES string of the molecule is COc1cccc(N2CCN(C(=O)c3cc(OC)c(Br)c(OC)c3)CC2)c1. The molecule has 1 saturated heterocycles. The number of ether oxygens (including phenoxy) is 3. The fraction of sp³-hybridized carbons (Fsp3) is 0.350.